The van der Waals surface area contributed by atoms with Gasteiger partial charge in [0.15, 0.2) is 6.61 Å². The van der Waals surface area contributed by atoms with Gasteiger partial charge in [0, 0.05) is 4.47 Å². The molecule has 6 nitrogen and oxygen atoms in total. The molecule has 29 heavy (non-hydrogen) atoms. The Morgan fingerprint density at radius 1 is 1.03 bits per heavy atom. The first-order chi connectivity index (χ1) is 13.9. The SMILES string of the molecule is CCCCCOc1ccccc1C(=O)NNC(=O)COc1c(C)cc(Br)cc1Br. The van der Waals surface area contributed by atoms with Crippen LogP contribution in [0, 0.1) is 6.92 Å². The van der Waals surface area contributed by atoms with Gasteiger partial charge in [-0.1, -0.05) is 47.8 Å². The number of nitrogens with one attached hydrogen (secondary N) is 2. The van der Waals surface area contributed by atoms with E-state index in [0.29, 0.717) is 23.7 Å². The average Bonchev–Trinajstić information content (AvgIpc) is 2.69. The van der Waals surface area contributed by atoms with Crippen molar-refractivity contribution in [1.29, 1.82) is 0 Å². The summed E-state index contributed by atoms with van der Waals surface area (Å²) in [6.45, 7) is 4.29. The van der Waals surface area contributed by atoms with Gasteiger partial charge in [0.1, 0.15) is 11.5 Å². The molecule has 156 valence electrons. The highest BCUT2D eigenvalue weighted by molar-refractivity contribution is 9.11. The number of ether oxygens (including phenoxy) is 2. The maximum absolute atomic E-state index is 12.4. The molecule has 2 aromatic rings. The van der Waals surface area contributed by atoms with Gasteiger partial charge in [0.2, 0.25) is 0 Å². The second-order valence-electron chi connectivity index (χ2n) is 6.38. The highest BCUT2D eigenvalue weighted by Gasteiger charge is 2.14. The van der Waals surface area contributed by atoms with Crippen molar-refractivity contribution in [2.45, 2.75) is 33.1 Å². The third-order valence-electron chi connectivity index (χ3n) is 3.99. The summed E-state index contributed by atoms with van der Waals surface area (Å²) in [7, 11) is 0. The number of aryl methyl sites for hydroxylation is 1. The molecule has 0 saturated carbocycles. The predicted octanol–water partition coefficient (Wildman–Crippen LogP) is 4.93. The highest BCUT2D eigenvalue weighted by atomic mass is 79.9. The van der Waals surface area contributed by atoms with Crippen LogP contribution in [0.25, 0.3) is 0 Å². The lowest BCUT2D eigenvalue weighted by atomic mass is 10.2. The Morgan fingerprint density at radius 3 is 2.52 bits per heavy atom. The number of hydrogen-bond donors (Lipinski definition) is 2. The molecule has 0 heterocycles. The number of para-hydroxylation sites is 1. The fraction of sp³-hybridized carbons (Fsp3) is 0.333. The number of hydrazine groups is 1. The number of unbranched alkanes of at least 4 members (excludes halogenated alkanes) is 2. The van der Waals surface area contributed by atoms with E-state index in [4.69, 9.17) is 9.47 Å². The Kier molecular flexibility index (Phi) is 9.47. The fourth-order valence-electron chi connectivity index (χ4n) is 2.55. The molecule has 0 bridgehead atoms. The molecule has 0 unspecified atom stereocenters. The Hall–Kier alpha value is -2.06. The van der Waals surface area contributed by atoms with Crippen LogP contribution in [-0.4, -0.2) is 25.0 Å². The van der Waals surface area contributed by atoms with Gasteiger partial charge in [-0.05, 0) is 59.1 Å². The van der Waals surface area contributed by atoms with Crippen molar-refractivity contribution in [3.8, 4) is 11.5 Å². The van der Waals surface area contributed by atoms with Gasteiger partial charge in [-0.2, -0.15) is 0 Å². The number of carbonyl (C=O) groups excluding carboxylic acids is 2. The Labute approximate surface area is 187 Å². The standard InChI is InChI=1S/C21H24Br2N2O4/c1-3-4-7-10-28-18-9-6-5-8-16(18)21(27)25-24-19(26)13-29-20-14(2)11-15(22)12-17(20)23/h5-6,8-9,11-12H,3-4,7,10,13H2,1-2H3,(H,24,26)(H,25,27). The van der Waals surface area contributed by atoms with Gasteiger partial charge in [-0.3, -0.25) is 20.4 Å². The molecule has 2 N–H and O–H groups in total. The first-order valence-electron chi connectivity index (χ1n) is 9.31. The van der Waals surface area contributed by atoms with E-state index in [0.717, 1.165) is 33.8 Å². The molecule has 0 aromatic heterocycles. The third-order valence-corrected chi connectivity index (χ3v) is 5.04. The normalized spacial score (nSPS) is 10.3. The van der Waals surface area contributed by atoms with Crippen LogP contribution in [0.2, 0.25) is 0 Å². The van der Waals surface area contributed by atoms with Crippen molar-refractivity contribution in [2.24, 2.45) is 0 Å². The summed E-state index contributed by atoms with van der Waals surface area (Å²) in [5, 5.41) is 0. The largest absolute Gasteiger partial charge is 0.493 e. The Morgan fingerprint density at radius 2 is 1.79 bits per heavy atom. The van der Waals surface area contributed by atoms with E-state index in [1.807, 2.05) is 19.1 Å². The van der Waals surface area contributed by atoms with Gasteiger partial charge in [-0.15, -0.1) is 0 Å². The van der Waals surface area contributed by atoms with E-state index in [2.05, 4.69) is 49.6 Å². The average molecular weight is 528 g/mol. The van der Waals surface area contributed by atoms with Gasteiger partial charge in [0.05, 0.1) is 16.6 Å². The van der Waals surface area contributed by atoms with Gasteiger partial charge < -0.3 is 9.47 Å². The third kappa shape index (κ3) is 7.36. The topological polar surface area (TPSA) is 76.7 Å². The monoisotopic (exact) mass is 526 g/mol. The van der Waals surface area contributed by atoms with Crippen molar-refractivity contribution < 1.29 is 19.1 Å². The molecular weight excluding hydrogens is 504 g/mol. The van der Waals surface area contributed by atoms with Crippen LogP contribution in [0.15, 0.2) is 45.3 Å². The minimum atomic E-state index is -0.478. The van der Waals surface area contributed by atoms with E-state index in [1.54, 1.807) is 24.3 Å². The lowest BCUT2D eigenvalue weighted by molar-refractivity contribution is -0.123. The number of hydrogen-bond acceptors (Lipinski definition) is 4. The lowest BCUT2D eigenvalue weighted by Crippen LogP contribution is -2.44. The number of rotatable bonds is 9. The van der Waals surface area contributed by atoms with Crippen LogP contribution >= 0.6 is 31.9 Å². The number of amides is 2. The molecule has 0 aliphatic carbocycles. The van der Waals surface area contributed by atoms with Gasteiger partial charge >= 0.3 is 0 Å². The number of carbonyl (C=O) groups is 2. The van der Waals surface area contributed by atoms with Gasteiger partial charge in [-0.25, -0.2) is 0 Å². The fourth-order valence-corrected chi connectivity index (χ4v) is 4.11. The minimum absolute atomic E-state index is 0.240. The smallest absolute Gasteiger partial charge is 0.276 e. The summed E-state index contributed by atoms with van der Waals surface area (Å²) >= 11 is 6.81. The molecule has 8 heteroatoms. The van der Waals surface area contributed by atoms with Crippen molar-refractivity contribution in [3.05, 3.63) is 56.5 Å². The minimum Gasteiger partial charge on any atom is -0.493 e. The van der Waals surface area contributed by atoms with Crippen molar-refractivity contribution in [2.75, 3.05) is 13.2 Å². The predicted molar refractivity (Wildman–Crippen MR) is 119 cm³/mol. The molecular formula is C21H24Br2N2O4. The summed E-state index contributed by atoms with van der Waals surface area (Å²) in [5.74, 6) is 0.126. The lowest BCUT2D eigenvalue weighted by Gasteiger charge is -2.13. The van der Waals surface area contributed by atoms with Crippen LogP contribution in [0.1, 0.15) is 42.1 Å². The first-order valence-corrected chi connectivity index (χ1v) is 10.9. The van der Waals surface area contributed by atoms with E-state index in [1.165, 1.54) is 0 Å². The van der Waals surface area contributed by atoms with E-state index in [9.17, 15) is 9.59 Å². The summed E-state index contributed by atoms with van der Waals surface area (Å²) in [5.41, 5.74) is 5.99. The number of benzene rings is 2. The van der Waals surface area contributed by atoms with Crippen LogP contribution in [-0.2, 0) is 4.79 Å². The van der Waals surface area contributed by atoms with E-state index >= 15 is 0 Å². The Balaban J connectivity index is 1.87. The Bertz CT molecular complexity index is 835. The molecule has 2 amide bonds. The van der Waals surface area contributed by atoms with Crippen LogP contribution in [0.4, 0.5) is 0 Å². The highest BCUT2D eigenvalue weighted by Crippen LogP contribution is 2.32. The molecule has 0 aliphatic heterocycles. The summed E-state index contributed by atoms with van der Waals surface area (Å²) < 4.78 is 12.9. The molecule has 0 aliphatic rings. The first kappa shape index (κ1) is 23.2. The van der Waals surface area contributed by atoms with E-state index in [-0.39, 0.29) is 6.61 Å². The van der Waals surface area contributed by atoms with Crippen molar-refractivity contribution >= 4 is 43.7 Å². The molecule has 2 aromatic carbocycles. The van der Waals surface area contributed by atoms with Gasteiger partial charge in [0.25, 0.3) is 11.8 Å². The molecule has 0 atom stereocenters. The second-order valence-corrected chi connectivity index (χ2v) is 8.15. The zero-order valence-electron chi connectivity index (χ0n) is 16.4. The maximum Gasteiger partial charge on any atom is 0.276 e. The zero-order valence-corrected chi connectivity index (χ0v) is 19.6. The van der Waals surface area contributed by atoms with Crippen molar-refractivity contribution in [3.63, 3.8) is 0 Å². The zero-order chi connectivity index (χ0) is 21.2. The molecule has 0 fully saturated rings. The number of halogens is 2. The summed E-state index contributed by atoms with van der Waals surface area (Å²) in [4.78, 5) is 24.5. The van der Waals surface area contributed by atoms with Crippen LogP contribution in [0.3, 0.4) is 0 Å². The summed E-state index contributed by atoms with van der Waals surface area (Å²) in [6, 6.07) is 10.6. The maximum atomic E-state index is 12.4. The van der Waals surface area contributed by atoms with Crippen LogP contribution in [0.5, 0.6) is 11.5 Å². The second kappa shape index (κ2) is 11.8. The van der Waals surface area contributed by atoms with Crippen LogP contribution < -0.4 is 20.3 Å². The molecule has 0 saturated heterocycles. The molecule has 0 spiro atoms. The quantitative estimate of drug-likeness (QED) is 0.358. The summed E-state index contributed by atoms with van der Waals surface area (Å²) in [6.07, 6.45) is 3.08. The van der Waals surface area contributed by atoms with Crippen molar-refractivity contribution in [1.82, 2.24) is 10.9 Å². The molecule has 0 radical (unpaired) electrons. The molecule has 2 rings (SSSR count). The van der Waals surface area contributed by atoms with E-state index < -0.39 is 11.8 Å².